The molecule has 0 aliphatic carbocycles. The van der Waals surface area contributed by atoms with Crippen molar-refractivity contribution in [3.05, 3.63) is 65.5 Å². The van der Waals surface area contributed by atoms with E-state index >= 15 is 0 Å². The van der Waals surface area contributed by atoms with Crippen LogP contribution >= 0.6 is 0 Å². The van der Waals surface area contributed by atoms with Crippen LogP contribution in [0.4, 0.5) is 0 Å². The Kier molecular flexibility index (Phi) is 4.33. The van der Waals surface area contributed by atoms with Crippen molar-refractivity contribution in [2.75, 3.05) is 0 Å². The Hall–Kier alpha value is -1.96. The maximum absolute atomic E-state index is 12.0. The van der Waals surface area contributed by atoms with E-state index in [1.54, 1.807) is 12.4 Å². The smallest absolute Gasteiger partial charge is 0.141 e. The normalized spacial score (nSPS) is 11.3. The fourth-order valence-electron chi connectivity index (χ4n) is 2.14. The number of hydrogen-bond acceptors (Lipinski definition) is 2. The molecule has 2 nitrogen and oxygen atoms in total. The van der Waals surface area contributed by atoms with Gasteiger partial charge in [-0.25, -0.2) is 0 Å². The lowest BCUT2D eigenvalue weighted by Crippen LogP contribution is -2.11. The molecule has 1 aromatic carbocycles. The van der Waals surface area contributed by atoms with Crippen molar-refractivity contribution in [2.24, 2.45) is 0 Å². The average Bonchev–Trinajstić information content (AvgIpc) is 2.39. The van der Waals surface area contributed by atoms with Crippen molar-refractivity contribution in [1.29, 1.82) is 0 Å². The fraction of sp³-hybridized carbons (Fsp3) is 0.333. The summed E-state index contributed by atoms with van der Waals surface area (Å²) in [5.41, 5.74) is 3.50. The summed E-state index contributed by atoms with van der Waals surface area (Å²) < 4.78 is 0. The van der Waals surface area contributed by atoms with Crippen molar-refractivity contribution in [3.63, 3.8) is 0 Å². The van der Waals surface area contributed by atoms with Crippen LogP contribution in [0.3, 0.4) is 0 Å². The Bertz CT molecular complexity index is 565. The highest BCUT2D eigenvalue weighted by atomic mass is 16.1. The van der Waals surface area contributed by atoms with Gasteiger partial charge in [0.25, 0.3) is 0 Å². The second-order valence-electron chi connectivity index (χ2n) is 6.20. The first-order valence-corrected chi connectivity index (χ1v) is 6.95. The number of Topliss-reactive ketones (excluding diaryl/α,β-unsaturated/α-hetero) is 1. The van der Waals surface area contributed by atoms with Crippen LogP contribution in [-0.4, -0.2) is 10.8 Å². The number of rotatable bonds is 4. The highest BCUT2D eigenvalue weighted by Crippen LogP contribution is 2.22. The van der Waals surface area contributed by atoms with Gasteiger partial charge < -0.3 is 0 Å². The second kappa shape index (κ2) is 6.00. The number of benzene rings is 1. The molecule has 0 aliphatic heterocycles. The standard InChI is InChI=1S/C18H21NO/c1-18(2,3)16-8-6-14(7-9-16)11-17(20)12-15-5-4-10-19-13-15/h4-10,13H,11-12H2,1-3H3. The zero-order valence-corrected chi connectivity index (χ0v) is 12.4. The van der Waals surface area contributed by atoms with Gasteiger partial charge in [0.05, 0.1) is 0 Å². The summed E-state index contributed by atoms with van der Waals surface area (Å²) in [5, 5.41) is 0. The van der Waals surface area contributed by atoms with Gasteiger partial charge in [-0.15, -0.1) is 0 Å². The molecule has 2 heteroatoms. The summed E-state index contributed by atoms with van der Waals surface area (Å²) in [6.45, 7) is 6.57. The van der Waals surface area contributed by atoms with Crippen molar-refractivity contribution in [3.8, 4) is 0 Å². The van der Waals surface area contributed by atoms with Gasteiger partial charge in [0.2, 0.25) is 0 Å². The SMILES string of the molecule is CC(C)(C)c1ccc(CC(=O)Cc2cccnc2)cc1. The third-order valence-electron chi connectivity index (χ3n) is 3.35. The minimum Gasteiger partial charge on any atom is -0.299 e. The van der Waals surface area contributed by atoms with E-state index in [1.165, 1.54) is 5.56 Å². The predicted molar refractivity (Wildman–Crippen MR) is 81.8 cm³/mol. The summed E-state index contributed by atoms with van der Waals surface area (Å²) >= 11 is 0. The van der Waals surface area contributed by atoms with Gasteiger partial charge in [-0.2, -0.15) is 0 Å². The molecule has 2 aromatic rings. The molecule has 0 saturated heterocycles. The molecule has 0 unspecified atom stereocenters. The maximum atomic E-state index is 12.0. The lowest BCUT2D eigenvalue weighted by molar-refractivity contribution is -0.117. The van der Waals surface area contributed by atoms with Crippen LogP contribution in [0.15, 0.2) is 48.8 Å². The number of carbonyl (C=O) groups is 1. The molecular formula is C18H21NO. The first-order valence-electron chi connectivity index (χ1n) is 6.95. The van der Waals surface area contributed by atoms with E-state index in [-0.39, 0.29) is 11.2 Å². The third-order valence-corrected chi connectivity index (χ3v) is 3.35. The van der Waals surface area contributed by atoms with Crippen LogP contribution in [0.1, 0.15) is 37.5 Å². The van der Waals surface area contributed by atoms with Gasteiger partial charge >= 0.3 is 0 Å². The van der Waals surface area contributed by atoms with Gasteiger partial charge in [-0.05, 0) is 28.2 Å². The Morgan fingerprint density at radius 3 is 2.20 bits per heavy atom. The number of nitrogens with zero attached hydrogens (tertiary/aromatic N) is 1. The molecule has 0 bridgehead atoms. The van der Waals surface area contributed by atoms with Crippen molar-refractivity contribution in [1.82, 2.24) is 4.98 Å². The van der Waals surface area contributed by atoms with E-state index in [4.69, 9.17) is 0 Å². The Balaban J connectivity index is 1.98. The number of aromatic nitrogens is 1. The van der Waals surface area contributed by atoms with Crippen LogP contribution in [0.5, 0.6) is 0 Å². The number of hydrogen-bond donors (Lipinski definition) is 0. The lowest BCUT2D eigenvalue weighted by atomic mass is 9.86. The van der Waals surface area contributed by atoms with Crippen LogP contribution in [0.25, 0.3) is 0 Å². The molecule has 0 aliphatic rings. The molecule has 0 atom stereocenters. The first-order chi connectivity index (χ1) is 9.45. The molecule has 1 heterocycles. The van der Waals surface area contributed by atoms with Crippen LogP contribution in [0, 0.1) is 0 Å². The monoisotopic (exact) mass is 267 g/mol. The van der Waals surface area contributed by atoms with Gasteiger partial charge in [-0.1, -0.05) is 51.1 Å². The molecule has 1 aromatic heterocycles. The summed E-state index contributed by atoms with van der Waals surface area (Å²) in [6, 6.07) is 12.1. The van der Waals surface area contributed by atoms with Gasteiger partial charge in [0, 0.05) is 25.2 Å². The third kappa shape index (κ3) is 4.02. The number of pyridine rings is 1. The summed E-state index contributed by atoms with van der Waals surface area (Å²) in [4.78, 5) is 16.1. The van der Waals surface area contributed by atoms with Crippen molar-refractivity contribution >= 4 is 5.78 Å². The topological polar surface area (TPSA) is 30.0 Å². The quantitative estimate of drug-likeness (QED) is 0.844. The maximum Gasteiger partial charge on any atom is 0.141 e. The van der Waals surface area contributed by atoms with Gasteiger partial charge in [0.1, 0.15) is 5.78 Å². The molecular weight excluding hydrogens is 246 g/mol. The van der Waals surface area contributed by atoms with E-state index in [0.29, 0.717) is 12.8 Å². The van der Waals surface area contributed by atoms with Crippen molar-refractivity contribution in [2.45, 2.75) is 39.0 Å². The summed E-state index contributed by atoms with van der Waals surface area (Å²) in [7, 11) is 0. The zero-order chi connectivity index (χ0) is 14.6. The Morgan fingerprint density at radius 2 is 1.65 bits per heavy atom. The first kappa shape index (κ1) is 14.4. The largest absolute Gasteiger partial charge is 0.299 e. The van der Waals surface area contributed by atoms with Crippen LogP contribution < -0.4 is 0 Å². The lowest BCUT2D eigenvalue weighted by Gasteiger charge is -2.19. The molecule has 0 radical (unpaired) electrons. The molecule has 0 amide bonds. The van der Waals surface area contributed by atoms with Crippen LogP contribution in [-0.2, 0) is 23.1 Å². The van der Waals surface area contributed by atoms with E-state index in [1.807, 2.05) is 12.1 Å². The van der Waals surface area contributed by atoms with Gasteiger partial charge in [0.15, 0.2) is 0 Å². The average molecular weight is 267 g/mol. The summed E-state index contributed by atoms with van der Waals surface area (Å²) in [6.07, 6.45) is 4.41. The van der Waals surface area contributed by atoms with E-state index in [2.05, 4.69) is 50.0 Å². The molecule has 20 heavy (non-hydrogen) atoms. The van der Waals surface area contributed by atoms with E-state index in [0.717, 1.165) is 11.1 Å². The van der Waals surface area contributed by atoms with E-state index < -0.39 is 0 Å². The second-order valence-corrected chi connectivity index (χ2v) is 6.20. The van der Waals surface area contributed by atoms with Crippen LogP contribution in [0.2, 0.25) is 0 Å². The molecule has 0 spiro atoms. The number of ketones is 1. The Labute approximate surface area is 120 Å². The van der Waals surface area contributed by atoms with E-state index in [9.17, 15) is 4.79 Å². The molecule has 0 N–H and O–H groups in total. The summed E-state index contributed by atoms with van der Waals surface area (Å²) in [5.74, 6) is 0.224. The number of carbonyl (C=O) groups excluding carboxylic acids is 1. The minimum atomic E-state index is 0.151. The highest BCUT2D eigenvalue weighted by Gasteiger charge is 2.13. The minimum absolute atomic E-state index is 0.151. The molecule has 2 rings (SSSR count). The highest BCUT2D eigenvalue weighted by molar-refractivity contribution is 5.83. The molecule has 0 fully saturated rings. The zero-order valence-electron chi connectivity index (χ0n) is 12.4. The molecule has 0 saturated carbocycles. The Morgan fingerprint density at radius 1 is 1.00 bits per heavy atom. The fourth-order valence-corrected chi connectivity index (χ4v) is 2.14. The molecule has 104 valence electrons. The predicted octanol–water partition coefficient (Wildman–Crippen LogP) is 3.73. The van der Waals surface area contributed by atoms with Gasteiger partial charge in [-0.3, -0.25) is 9.78 Å². The van der Waals surface area contributed by atoms with Crippen molar-refractivity contribution < 1.29 is 4.79 Å².